The second-order valence-corrected chi connectivity index (χ2v) is 11.9. The maximum Gasteiger partial charge on any atom is 0.338 e. The van der Waals surface area contributed by atoms with Crippen LogP contribution in [0, 0.1) is 0 Å². The van der Waals surface area contributed by atoms with E-state index in [1.807, 2.05) is 60.7 Å². The van der Waals surface area contributed by atoms with Crippen molar-refractivity contribution in [2.24, 2.45) is 0 Å². The van der Waals surface area contributed by atoms with Crippen LogP contribution in [-0.2, 0) is 51.1 Å². The summed E-state index contributed by atoms with van der Waals surface area (Å²) in [5, 5.41) is 11.3. The van der Waals surface area contributed by atoms with Crippen LogP contribution >= 0.6 is 0 Å². The van der Waals surface area contributed by atoms with E-state index < -0.39 is 61.1 Å². The van der Waals surface area contributed by atoms with Crippen LogP contribution < -0.4 is 0 Å². The summed E-state index contributed by atoms with van der Waals surface area (Å²) in [5.74, 6) is -1.27. The predicted octanol–water partition coefficient (Wildman–Crippen LogP) is 4.71. The zero-order chi connectivity index (χ0) is 34.7. The Bertz CT molecular complexity index is 1620. The Labute approximate surface area is 290 Å². The number of carbonyl (C=O) groups is 2. The summed E-state index contributed by atoms with van der Waals surface area (Å²) in [6.45, 7) is 0.167. The summed E-state index contributed by atoms with van der Waals surface area (Å²) in [6, 6.07) is 36.3. The van der Waals surface area contributed by atoms with E-state index in [0.29, 0.717) is 12.2 Å². The van der Waals surface area contributed by atoms with Crippen molar-refractivity contribution in [2.45, 2.75) is 62.4 Å². The lowest BCUT2D eigenvalue weighted by Gasteiger charge is -2.26. The Kier molecular flexibility index (Phi) is 12.4. The Morgan fingerprint density at radius 2 is 1.08 bits per heavy atom. The third kappa shape index (κ3) is 9.01. The quantitative estimate of drug-likeness (QED) is 0.175. The van der Waals surface area contributed by atoms with Crippen LogP contribution in [-0.4, -0.2) is 86.6 Å². The number of esters is 2. The molecule has 0 spiro atoms. The highest BCUT2D eigenvalue weighted by molar-refractivity contribution is 5.90. The molecule has 2 aliphatic rings. The van der Waals surface area contributed by atoms with Crippen molar-refractivity contribution in [3.8, 4) is 0 Å². The van der Waals surface area contributed by atoms with E-state index in [0.717, 1.165) is 11.1 Å². The summed E-state index contributed by atoms with van der Waals surface area (Å²) in [4.78, 5) is 25.7. The number of ether oxygens (including phenoxy) is 8. The fourth-order valence-electron chi connectivity index (χ4n) is 5.80. The second-order valence-electron chi connectivity index (χ2n) is 11.9. The van der Waals surface area contributed by atoms with Crippen LogP contribution in [0.4, 0.5) is 0 Å². The predicted molar refractivity (Wildman–Crippen MR) is 179 cm³/mol. The third-order valence-corrected chi connectivity index (χ3v) is 8.43. The van der Waals surface area contributed by atoms with E-state index in [-0.39, 0.29) is 25.4 Å². The molecule has 0 aromatic heterocycles. The molecule has 0 amide bonds. The summed E-state index contributed by atoms with van der Waals surface area (Å²) >= 11 is 0. The minimum atomic E-state index is -1.38. The minimum absolute atomic E-state index is 0.0994. The first-order chi connectivity index (χ1) is 24.5. The highest BCUT2D eigenvalue weighted by Gasteiger charge is 2.51. The molecule has 0 bridgehead atoms. The molecule has 4 aromatic rings. The van der Waals surface area contributed by atoms with E-state index in [1.165, 1.54) is 7.11 Å². The first-order valence-electron chi connectivity index (χ1n) is 16.4. The lowest BCUT2D eigenvalue weighted by molar-refractivity contribution is -0.204. The maximum atomic E-state index is 13.1. The molecular formula is C39H40O11. The molecule has 50 heavy (non-hydrogen) atoms. The number of carbonyl (C=O) groups excluding carboxylic acids is 2. The first-order valence-corrected chi connectivity index (χ1v) is 16.4. The Hall–Kier alpha value is -4.46. The molecule has 2 heterocycles. The SMILES string of the molecule is CO[C@H]1O[C@H](CO[C@H]2O[C@H](COC(=O)c3ccccc3)[C@@H](O)[C@@H]2OC(=O)c2ccccc2)[C@@H](OCc2ccccc2)[C@@H]1OCc1ccccc1. The van der Waals surface area contributed by atoms with Crippen molar-refractivity contribution in [1.82, 2.24) is 0 Å². The fraction of sp³-hybridized carbons (Fsp3) is 0.333. The molecule has 1 N–H and O–H groups in total. The van der Waals surface area contributed by atoms with E-state index >= 15 is 0 Å². The number of rotatable bonds is 15. The molecule has 11 heteroatoms. The highest BCUT2D eigenvalue weighted by Crippen LogP contribution is 2.32. The number of methoxy groups -OCH3 is 1. The Morgan fingerprint density at radius 1 is 0.580 bits per heavy atom. The van der Waals surface area contributed by atoms with Crippen LogP contribution in [0.2, 0.25) is 0 Å². The van der Waals surface area contributed by atoms with Gasteiger partial charge in [-0.1, -0.05) is 97.1 Å². The average Bonchev–Trinajstić information content (AvgIpc) is 3.67. The van der Waals surface area contributed by atoms with Crippen LogP contribution in [0.5, 0.6) is 0 Å². The van der Waals surface area contributed by atoms with Gasteiger partial charge in [-0.25, -0.2) is 9.59 Å². The molecule has 2 aliphatic heterocycles. The molecule has 6 rings (SSSR count). The van der Waals surface area contributed by atoms with Gasteiger partial charge in [0.05, 0.1) is 30.9 Å². The van der Waals surface area contributed by atoms with Crippen molar-refractivity contribution >= 4 is 11.9 Å². The third-order valence-electron chi connectivity index (χ3n) is 8.43. The van der Waals surface area contributed by atoms with Crippen molar-refractivity contribution < 1.29 is 52.6 Å². The van der Waals surface area contributed by atoms with Gasteiger partial charge in [0, 0.05) is 7.11 Å². The van der Waals surface area contributed by atoms with Crippen LogP contribution in [0.3, 0.4) is 0 Å². The molecule has 0 unspecified atom stereocenters. The van der Waals surface area contributed by atoms with Gasteiger partial charge in [0.25, 0.3) is 0 Å². The molecule has 2 saturated heterocycles. The van der Waals surface area contributed by atoms with Crippen LogP contribution in [0.1, 0.15) is 31.8 Å². The minimum Gasteiger partial charge on any atom is -0.459 e. The van der Waals surface area contributed by atoms with Gasteiger partial charge in [-0.05, 0) is 35.4 Å². The normalized spacial score (nSPS) is 26.0. The van der Waals surface area contributed by atoms with Gasteiger partial charge in [-0.3, -0.25) is 0 Å². The maximum absolute atomic E-state index is 13.1. The van der Waals surface area contributed by atoms with Gasteiger partial charge in [0.1, 0.15) is 37.1 Å². The zero-order valence-corrected chi connectivity index (χ0v) is 27.5. The number of hydrogen-bond acceptors (Lipinski definition) is 11. The van der Waals surface area contributed by atoms with Gasteiger partial charge in [0.2, 0.25) is 0 Å². The summed E-state index contributed by atoms with van der Waals surface area (Å²) < 4.78 is 48.1. The van der Waals surface area contributed by atoms with Crippen LogP contribution in [0.25, 0.3) is 0 Å². The lowest BCUT2D eigenvalue weighted by atomic mass is 10.1. The topological polar surface area (TPSA) is 128 Å². The molecule has 4 aromatic carbocycles. The zero-order valence-electron chi connectivity index (χ0n) is 27.5. The molecule has 8 atom stereocenters. The molecular weight excluding hydrogens is 644 g/mol. The second kappa shape index (κ2) is 17.5. The van der Waals surface area contributed by atoms with Gasteiger partial charge in [0.15, 0.2) is 18.7 Å². The molecule has 2 fully saturated rings. The average molecular weight is 685 g/mol. The summed E-state index contributed by atoms with van der Waals surface area (Å²) in [6.07, 6.45) is -7.65. The van der Waals surface area contributed by atoms with Crippen molar-refractivity contribution in [3.63, 3.8) is 0 Å². The van der Waals surface area contributed by atoms with Gasteiger partial charge < -0.3 is 43.0 Å². The van der Waals surface area contributed by atoms with Crippen molar-refractivity contribution in [2.75, 3.05) is 20.3 Å². The summed E-state index contributed by atoms with van der Waals surface area (Å²) in [7, 11) is 1.53. The molecule has 262 valence electrons. The molecule has 11 nitrogen and oxygen atoms in total. The first kappa shape index (κ1) is 35.4. The van der Waals surface area contributed by atoms with Gasteiger partial charge in [-0.15, -0.1) is 0 Å². The lowest BCUT2D eigenvalue weighted by Crippen LogP contribution is -2.42. The van der Waals surface area contributed by atoms with E-state index in [1.54, 1.807) is 60.7 Å². The number of benzene rings is 4. The van der Waals surface area contributed by atoms with E-state index in [4.69, 9.17) is 37.9 Å². The van der Waals surface area contributed by atoms with E-state index in [2.05, 4.69) is 0 Å². The molecule has 0 radical (unpaired) electrons. The highest BCUT2D eigenvalue weighted by atomic mass is 16.8. The fourth-order valence-corrected chi connectivity index (χ4v) is 5.80. The van der Waals surface area contributed by atoms with E-state index in [9.17, 15) is 14.7 Å². The Morgan fingerprint density at radius 3 is 1.64 bits per heavy atom. The largest absolute Gasteiger partial charge is 0.459 e. The molecule has 0 saturated carbocycles. The van der Waals surface area contributed by atoms with Crippen molar-refractivity contribution in [3.05, 3.63) is 144 Å². The number of aliphatic hydroxyl groups is 1. The smallest absolute Gasteiger partial charge is 0.338 e. The number of aliphatic hydroxyl groups excluding tert-OH is 1. The van der Waals surface area contributed by atoms with Crippen molar-refractivity contribution in [1.29, 1.82) is 0 Å². The molecule has 0 aliphatic carbocycles. The Balaban J connectivity index is 1.17. The van der Waals surface area contributed by atoms with Gasteiger partial charge in [-0.2, -0.15) is 0 Å². The monoisotopic (exact) mass is 684 g/mol. The standard InChI is InChI=1S/C39H40O11/c1-43-38-35(45-23-27-16-8-3-9-17-27)33(44-22-26-14-6-2-7-15-26)31(49-38)25-47-39-34(50-37(42)29-20-12-5-13-21-29)32(40)30(48-39)24-46-36(41)28-18-10-4-11-19-28/h2-21,30-35,38-40H,22-25H2,1H3/t30-,31-,32-,33-,34+,35+,38+,39+/m1/s1. The summed E-state index contributed by atoms with van der Waals surface area (Å²) in [5.41, 5.74) is 2.56. The van der Waals surface area contributed by atoms with Gasteiger partial charge >= 0.3 is 11.9 Å². The number of hydrogen-bond donors (Lipinski definition) is 1. The van der Waals surface area contributed by atoms with Crippen LogP contribution in [0.15, 0.2) is 121 Å².